The molecule has 0 aliphatic heterocycles. The van der Waals surface area contributed by atoms with Crippen LogP contribution in [0.4, 0.5) is 5.69 Å². The fraction of sp³-hybridized carbons (Fsp3) is 0.500. The summed E-state index contributed by atoms with van der Waals surface area (Å²) in [6, 6.07) is 7.47. The lowest BCUT2D eigenvalue weighted by molar-refractivity contribution is 0.566. The molecular formula is C12H19NO2S. The molecule has 0 unspecified atom stereocenters. The third kappa shape index (κ3) is 2.98. The number of aryl methyl sites for hydroxylation is 1. The van der Waals surface area contributed by atoms with E-state index in [1.165, 1.54) is 0 Å². The molecule has 0 aliphatic rings. The number of hydrogen-bond acceptors (Lipinski definition) is 2. The topological polar surface area (TPSA) is 46.2 Å². The van der Waals surface area contributed by atoms with Crippen molar-refractivity contribution < 1.29 is 8.42 Å². The lowest BCUT2D eigenvalue weighted by atomic mass is 10.1. The van der Waals surface area contributed by atoms with E-state index in [9.17, 15) is 8.42 Å². The maximum Gasteiger partial charge on any atom is 0.237 e. The molecule has 3 nitrogen and oxygen atoms in total. The van der Waals surface area contributed by atoms with E-state index in [-0.39, 0.29) is 0 Å². The summed E-state index contributed by atoms with van der Waals surface area (Å²) >= 11 is 0. The van der Waals surface area contributed by atoms with Gasteiger partial charge in [-0.2, -0.15) is 0 Å². The maximum absolute atomic E-state index is 11.9. The highest BCUT2D eigenvalue weighted by Crippen LogP contribution is 2.20. The molecule has 1 aromatic carbocycles. The summed E-state index contributed by atoms with van der Waals surface area (Å²) in [4.78, 5) is 0. The van der Waals surface area contributed by atoms with Crippen molar-refractivity contribution >= 4 is 15.7 Å². The van der Waals surface area contributed by atoms with E-state index < -0.39 is 14.8 Å². The van der Waals surface area contributed by atoms with Gasteiger partial charge in [-0.1, -0.05) is 19.1 Å². The summed E-state index contributed by atoms with van der Waals surface area (Å²) in [6.45, 7) is 7.08. The fourth-order valence-electron chi connectivity index (χ4n) is 1.16. The van der Waals surface area contributed by atoms with E-state index >= 15 is 0 Å². The molecule has 0 aliphatic carbocycles. The molecule has 16 heavy (non-hydrogen) atoms. The first-order valence-electron chi connectivity index (χ1n) is 5.37. The molecule has 1 aromatic rings. The monoisotopic (exact) mass is 241 g/mol. The van der Waals surface area contributed by atoms with Crippen molar-refractivity contribution in [3.63, 3.8) is 0 Å². The zero-order valence-corrected chi connectivity index (χ0v) is 11.1. The van der Waals surface area contributed by atoms with Gasteiger partial charge < -0.3 is 0 Å². The van der Waals surface area contributed by atoms with Crippen LogP contribution >= 0.6 is 0 Å². The Hall–Kier alpha value is -1.03. The van der Waals surface area contributed by atoms with Crippen LogP contribution in [0.3, 0.4) is 0 Å². The molecule has 0 amide bonds. The first-order chi connectivity index (χ1) is 7.26. The number of nitrogens with one attached hydrogen (secondary N) is 1. The molecule has 90 valence electrons. The summed E-state index contributed by atoms with van der Waals surface area (Å²) in [7, 11) is -3.33. The number of sulfonamides is 1. The van der Waals surface area contributed by atoms with E-state index in [1.807, 2.05) is 25.1 Å². The maximum atomic E-state index is 11.9. The molecule has 0 heterocycles. The van der Waals surface area contributed by atoms with Gasteiger partial charge in [0.1, 0.15) is 0 Å². The summed E-state index contributed by atoms with van der Waals surface area (Å²) in [6.07, 6.45) is 0.894. The molecule has 0 saturated heterocycles. The van der Waals surface area contributed by atoms with Crippen LogP contribution in [0.15, 0.2) is 24.3 Å². The van der Waals surface area contributed by atoms with Crippen LogP contribution in [0.5, 0.6) is 0 Å². The smallest absolute Gasteiger partial charge is 0.237 e. The zero-order chi connectivity index (χ0) is 12.4. The average molecular weight is 241 g/mol. The van der Waals surface area contributed by atoms with Crippen LogP contribution in [0.25, 0.3) is 0 Å². The van der Waals surface area contributed by atoms with Crippen LogP contribution in [0.1, 0.15) is 33.3 Å². The van der Waals surface area contributed by atoms with Gasteiger partial charge in [0, 0.05) is 5.69 Å². The van der Waals surface area contributed by atoms with Crippen LogP contribution in [0, 0.1) is 0 Å². The number of hydrogen-bond donors (Lipinski definition) is 1. The van der Waals surface area contributed by atoms with E-state index in [2.05, 4.69) is 4.72 Å². The molecule has 4 heteroatoms. The molecule has 0 aromatic heterocycles. The fourth-order valence-corrected chi connectivity index (χ4v) is 1.91. The summed E-state index contributed by atoms with van der Waals surface area (Å²) in [5.74, 6) is 0. The molecular weight excluding hydrogens is 222 g/mol. The van der Waals surface area contributed by atoms with Crippen molar-refractivity contribution in [3.05, 3.63) is 29.8 Å². The van der Waals surface area contributed by atoms with Gasteiger partial charge in [-0.05, 0) is 44.9 Å². The second kappa shape index (κ2) is 4.45. The quantitative estimate of drug-likeness (QED) is 0.884. The van der Waals surface area contributed by atoms with Gasteiger partial charge in [0.2, 0.25) is 10.0 Å². The molecule has 0 bridgehead atoms. The normalized spacial score (nSPS) is 12.5. The third-order valence-corrected chi connectivity index (χ3v) is 4.51. The second-order valence-electron chi connectivity index (χ2n) is 4.77. The summed E-state index contributed by atoms with van der Waals surface area (Å²) < 4.78 is 25.6. The second-order valence-corrected chi connectivity index (χ2v) is 7.21. The van der Waals surface area contributed by atoms with E-state index in [0.29, 0.717) is 5.69 Å². The Morgan fingerprint density at radius 1 is 1.25 bits per heavy atom. The Labute approximate surface area is 97.9 Å². The largest absolute Gasteiger partial charge is 0.283 e. The van der Waals surface area contributed by atoms with Crippen molar-refractivity contribution in [3.8, 4) is 0 Å². The van der Waals surface area contributed by atoms with Gasteiger partial charge in [-0.3, -0.25) is 4.72 Å². The Bertz CT molecular complexity index is 458. The minimum absolute atomic E-state index is 0.634. The van der Waals surface area contributed by atoms with E-state index in [1.54, 1.807) is 26.8 Å². The minimum atomic E-state index is -3.33. The van der Waals surface area contributed by atoms with Gasteiger partial charge >= 0.3 is 0 Å². The van der Waals surface area contributed by atoms with Crippen molar-refractivity contribution in [1.29, 1.82) is 0 Å². The van der Waals surface area contributed by atoms with Crippen molar-refractivity contribution in [2.24, 2.45) is 0 Å². The standard InChI is InChI=1S/C12H19NO2S/c1-5-10-7-6-8-11(9-10)13-16(14,15)12(2,3)4/h6-9,13H,5H2,1-4H3. The zero-order valence-electron chi connectivity index (χ0n) is 10.2. The Kier molecular flexibility index (Phi) is 3.63. The molecule has 0 saturated carbocycles. The highest BCUT2D eigenvalue weighted by Gasteiger charge is 2.28. The summed E-state index contributed by atoms with van der Waals surface area (Å²) in [5, 5.41) is 0. The average Bonchev–Trinajstić information content (AvgIpc) is 2.15. The molecule has 1 rings (SSSR count). The van der Waals surface area contributed by atoms with Crippen LogP contribution in [0.2, 0.25) is 0 Å². The Morgan fingerprint density at radius 2 is 1.88 bits per heavy atom. The highest BCUT2D eigenvalue weighted by molar-refractivity contribution is 7.94. The summed E-state index contributed by atoms with van der Waals surface area (Å²) in [5.41, 5.74) is 1.75. The SMILES string of the molecule is CCc1cccc(NS(=O)(=O)C(C)(C)C)c1. The van der Waals surface area contributed by atoms with Crippen molar-refractivity contribution in [2.45, 2.75) is 38.9 Å². The van der Waals surface area contributed by atoms with Crippen LogP contribution in [-0.4, -0.2) is 13.2 Å². The number of benzene rings is 1. The number of anilines is 1. The predicted molar refractivity (Wildman–Crippen MR) is 68.1 cm³/mol. The van der Waals surface area contributed by atoms with E-state index in [0.717, 1.165) is 12.0 Å². The van der Waals surface area contributed by atoms with Crippen LogP contribution in [-0.2, 0) is 16.4 Å². The predicted octanol–water partition coefficient (Wildman–Crippen LogP) is 2.79. The first kappa shape index (κ1) is 13.0. The van der Waals surface area contributed by atoms with Gasteiger partial charge in [0.15, 0.2) is 0 Å². The van der Waals surface area contributed by atoms with Crippen LogP contribution < -0.4 is 4.72 Å². The lowest BCUT2D eigenvalue weighted by Crippen LogP contribution is -2.33. The van der Waals surface area contributed by atoms with Gasteiger partial charge in [0.25, 0.3) is 0 Å². The Morgan fingerprint density at radius 3 is 2.38 bits per heavy atom. The van der Waals surface area contributed by atoms with Crippen molar-refractivity contribution in [1.82, 2.24) is 0 Å². The number of rotatable bonds is 3. The molecule has 0 atom stereocenters. The molecule has 0 spiro atoms. The molecule has 0 radical (unpaired) electrons. The molecule has 0 fully saturated rings. The van der Waals surface area contributed by atoms with Gasteiger partial charge in [0.05, 0.1) is 4.75 Å². The van der Waals surface area contributed by atoms with Crippen molar-refractivity contribution in [2.75, 3.05) is 4.72 Å². The highest BCUT2D eigenvalue weighted by atomic mass is 32.2. The van der Waals surface area contributed by atoms with Gasteiger partial charge in [-0.15, -0.1) is 0 Å². The first-order valence-corrected chi connectivity index (χ1v) is 6.86. The molecule has 1 N–H and O–H groups in total. The third-order valence-electron chi connectivity index (χ3n) is 2.39. The van der Waals surface area contributed by atoms with Gasteiger partial charge in [-0.25, -0.2) is 8.42 Å². The Balaban J connectivity index is 2.97. The lowest BCUT2D eigenvalue weighted by Gasteiger charge is -2.20. The minimum Gasteiger partial charge on any atom is -0.283 e. The van der Waals surface area contributed by atoms with E-state index in [4.69, 9.17) is 0 Å².